The predicted molar refractivity (Wildman–Crippen MR) is 69.6 cm³/mol. The summed E-state index contributed by atoms with van der Waals surface area (Å²) in [5, 5.41) is 13.0. The highest BCUT2D eigenvalue weighted by molar-refractivity contribution is 4.84. The lowest BCUT2D eigenvalue weighted by molar-refractivity contribution is 0.0830. The van der Waals surface area contributed by atoms with Gasteiger partial charge in [0.1, 0.15) is 0 Å². The lowest BCUT2D eigenvalue weighted by Gasteiger charge is -2.36. The fourth-order valence-corrected chi connectivity index (χ4v) is 2.74. The molecule has 0 aliphatic carbocycles. The van der Waals surface area contributed by atoms with Crippen molar-refractivity contribution in [2.75, 3.05) is 19.7 Å². The number of aliphatic hydroxyl groups excluding tert-OH is 1. The average Bonchev–Trinajstić information content (AvgIpc) is 2.35. The Morgan fingerprint density at radius 2 is 1.88 bits per heavy atom. The fraction of sp³-hybridized carbons (Fsp3) is 1.00. The molecule has 1 heterocycles. The minimum atomic E-state index is 0.211. The molecule has 0 aromatic carbocycles. The van der Waals surface area contributed by atoms with Gasteiger partial charge in [-0.15, -0.1) is 0 Å². The minimum Gasteiger partial charge on any atom is -0.396 e. The molecule has 0 saturated carbocycles. The van der Waals surface area contributed by atoms with Crippen molar-refractivity contribution >= 4 is 0 Å². The van der Waals surface area contributed by atoms with Gasteiger partial charge in [0.05, 0.1) is 0 Å². The van der Waals surface area contributed by atoms with Gasteiger partial charge in [0.2, 0.25) is 0 Å². The van der Waals surface area contributed by atoms with E-state index in [-0.39, 0.29) is 5.41 Å². The molecule has 0 radical (unpaired) electrons. The Bertz CT molecular complexity index is 164. The smallest absolute Gasteiger partial charge is 0.0499 e. The van der Waals surface area contributed by atoms with Gasteiger partial charge in [-0.25, -0.2) is 0 Å². The highest BCUT2D eigenvalue weighted by atomic mass is 16.3. The largest absolute Gasteiger partial charge is 0.396 e. The Kier molecular flexibility index (Phi) is 7.06. The maximum atomic E-state index is 9.54. The van der Waals surface area contributed by atoms with Crippen LogP contribution in [0.5, 0.6) is 0 Å². The number of unbranched alkanes of at least 4 members (excludes halogenated alkanes) is 5. The SMILES string of the molecule is CCCCCCCCC1(CO)CCCNC1. The fourth-order valence-electron chi connectivity index (χ4n) is 2.74. The van der Waals surface area contributed by atoms with Crippen molar-refractivity contribution in [2.45, 2.75) is 64.7 Å². The third kappa shape index (κ3) is 4.84. The van der Waals surface area contributed by atoms with Crippen LogP contribution in [0.3, 0.4) is 0 Å². The molecule has 2 nitrogen and oxygen atoms in total. The first-order valence-corrected chi connectivity index (χ1v) is 7.14. The van der Waals surface area contributed by atoms with Gasteiger partial charge in [-0.2, -0.15) is 0 Å². The first-order valence-electron chi connectivity index (χ1n) is 7.14. The second kappa shape index (κ2) is 8.08. The molecule has 96 valence electrons. The molecule has 2 N–H and O–H groups in total. The number of hydrogen-bond acceptors (Lipinski definition) is 2. The molecule has 1 rings (SSSR count). The average molecular weight is 227 g/mol. The maximum absolute atomic E-state index is 9.54. The lowest BCUT2D eigenvalue weighted by Crippen LogP contribution is -2.42. The van der Waals surface area contributed by atoms with Crippen molar-refractivity contribution in [3.63, 3.8) is 0 Å². The second-order valence-corrected chi connectivity index (χ2v) is 5.46. The van der Waals surface area contributed by atoms with E-state index in [2.05, 4.69) is 12.2 Å². The van der Waals surface area contributed by atoms with Crippen LogP contribution in [-0.4, -0.2) is 24.8 Å². The van der Waals surface area contributed by atoms with E-state index in [0.717, 1.165) is 13.1 Å². The van der Waals surface area contributed by atoms with Crippen LogP contribution in [-0.2, 0) is 0 Å². The molecule has 1 aliphatic rings. The topological polar surface area (TPSA) is 32.3 Å². The summed E-state index contributed by atoms with van der Waals surface area (Å²) in [4.78, 5) is 0. The number of hydrogen-bond donors (Lipinski definition) is 2. The molecule has 1 atom stereocenters. The van der Waals surface area contributed by atoms with Crippen LogP contribution in [0.1, 0.15) is 64.7 Å². The summed E-state index contributed by atoms with van der Waals surface area (Å²) >= 11 is 0. The first-order chi connectivity index (χ1) is 7.83. The van der Waals surface area contributed by atoms with Gasteiger partial charge in [-0.3, -0.25) is 0 Å². The Hall–Kier alpha value is -0.0800. The highest BCUT2D eigenvalue weighted by Gasteiger charge is 2.30. The molecular formula is C14H29NO. The predicted octanol–water partition coefficient (Wildman–Crippen LogP) is 3.10. The number of aliphatic hydroxyl groups is 1. The van der Waals surface area contributed by atoms with Gasteiger partial charge >= 0.3 is 0 Å². The van der Waals surface area contributed by atoms with Gasteiger partial charge in [0.15, 0.2) is 0 Å². The maximum Gasteiger partial charge on any atom is 0.0499 e. The summed E-state index contributed by atoms with van der Waals surface area (Å²) < 4.78 is 0. The zero-order valence-corrected chi connectivity index (χ0v) is 10.9. The number of rotatable bonds is 8. The summed E-state index contributed by atoms with van der Waals surface area (Å²) in [6, 6.07) is 0. The van der Waals surface area contributed by atoms with Gasteiger partial charge in [0, 0.05) is 18.6 Å². The van der Waals surface area contributed by atoms with Crippen molar-refractivity contribution < 1.29 is 5.11 Å². The van der Waals surface area contributed by atoms with Crippen molar-refractivity contribution in [1.29, 1.82) is 0 Å². The zero-order chi connectivity index (χ0) is 11.7. The second-order valence-electron chi connectivity index (χ2n) is 5.46. The number of nitrogens with one attached hydrogen (secondary N) is 1. The molecule has 2 heteroatoms. The molecule has 1 saturated heterocycles. The van der Waals surface area contributed by atoms with E-state index in [1.54, 1.807) is 0 Å². The summed E-state index contributed by atoms with van der Waals surface area (Å²) in [5.41, 5.74) is 0.211. The molecule has 0 amide bonds. The molecule has 1 unspecified atom stereocenters. The lowest BCUT2D eigenvalue weighted by atomic mass is 9.77. The molecule has 0 aromatic rings. The van der Waals surface area contributed by atoms with E-state index >= 15 is 0 Å². The van der Waals surface area contributed by atoms with Crippen LogP contribution in [0, 0.1) is 5.41 Å². The molecule has 0 bridgehead atoms. The molecule has 1 aliphatic heterocycles. The van der Waals surface area contributed by atoms with E-state index < -0.39 is 0 Å². The summed E-state index contributed by atoms with van der Waals surface area (Å²) in [6.07, 6.45) is 11.8. The van der Waals surface area contributed by atoms with E-state index in [1.807, 2.05) is 0 Å². The van der Waals surface area contributed by atoms with Gasteiger partial charge < -0.3 is 10.4 Å². The van der Waals surface area contributed by atoms with Gasteiger partial charge in [-0.05, 0) is 25.8 Å². The van der Waals surface area contributed by atoms with E-state index in [1.165, 1.54) is 57.8 Å². The standard InChI is InChI=1S/C14H29NO/c1-2-3-4-5-6-7-9-14(13-16)10-8-11-15-12-14/h15-16H,2-13H2,1H3. The van der Waals surface area contributed by atoms with Crippen molar-refractivity contribution in [3.8, 4) is 0 Å². The zero-order valence-electron chi connectivity index (χ0n) is 10.9. The Balaban J connectivity index is 2.08. The van der Waals surface area contributed by atoms with Crippen LogP contribution in [0.4, 0.5) is 0 Å². The Morgan fingerprint density at radius 1 is 1.12 bits per heavy atom. The van der Waals surface area contributed by atoms with E-state index in [0.29, 0.717) is 6.61 Å². The van der Waals surface area contributed by atoms with Crippen molar-refractivity contribution in [3.05, 3.63) is 0 Å². The minimum absolute atomic E-state index is 0.211. The van der Waals surface area contributed by atoms with Crippen molar-refractivity contribution in [1.82, 2.24) is 5.32 Å². The molecular weight excluding hydrogens is 198 g/mol. The number of piperidine rings is 1. The first kappa shape index (κ1) is 14.0. The Labute approximate surface area is 101 Å². The van der Waals surface area contributed by atoms with Crippen LogP contribution >= 0.6 is 0 Å². The normalized spacial score (nSPS) is 25.9. The molecule has 16 heavy (non-hydrogen) atoms. The van der Waals surface area contributed by atoms with E-state index in [4.69, 9.17) is 0 Å². The van der Waals surface area contributed by atoms with Crippen LogP contribution in [0.25, 0.3) is 0 Å². The van der Waals surface area contributed by atoms with Crippen LogP contribution < -0.4 is 5.32 Å². The molecule has 1 fully saturated rings. The third-order valence-corrected chi connectivity index (χ3v) is 3.96. The van der Waals surface area contributed by atoms with Crippen molar-refractivity contribution in [2.24, 2.45) is 5.41 Å². The van der Waals surface area contributed by atoms with Crippen LogP contribution in [0.2, 0.25) is 0 Å². The summed E-state index contributed by atoms with van der Waals surface area (Å²) in [7, 11) is 0. The quantitative estimate of drug-likeness (QED) is 0.625. The monoisotopic (exact) mass is 227 g/mol. The Morgan fingerprint density at radius 3 is 2.50 bits per heavy atom. The summed E-state index contributed by atoms with van der Waals surface area (Å²) in [6.45, 7) is 4.79. The van der Waals surface area contributed by atoms with Gasteiger partial charge in [-0.1, -0.05) is 45.4 Å². The van der Waals surface area contributed by atoms with Gasteiger partial charge in [0.25, 0.3) is 0 Å². The third-order valence-electron chi connectivity index (χ3n) is 3.96. The van der Waals surface area contributed by atoms with E-state index in [9.17, 15) is 5.11 Å². The highest BCUT2D eigenvalue weighted by Crippen LogP contribution is 2.31. The summed E-state index contributed by atoms with van der Waals surface area (Å²) in [5.74, 6) is 0. The van der Waals surface area contributed by atoms with Crippen LogP contribution in [0.15, 0.2) is 0 Å². The molecule has 0 aromatic heterocycles. The molecule has 0 spiro atoms.